The van der Waals surface area contributed by atoms with Gasteiger partial charge < -0.3 is 4.79 Å². The smallest absolute Gasteiger partial charge is 0.130 e. The minimum Gasteiger partial charge on any atom is -0.300 e. The third kappa shape index (κ3) is 2.96. The van der Waals surface area contributed by atoms with Gasteiger partial charge >= 0.3 is 0 Å². The van der Waals surface area contributed by atoms with Gasteiger partial charge in [-0.15, -0.1) is 0 Å². The van der Waals surface area contributed by atoms with Crippen molar-refractivity contribution >= 4 is 5.78 Å². The molecule has 0 aromatic rings. The van der Waals surface area contributed by atoms with Crippen molar-refractivity contribution in [3.63, 3.8) is 0 Å². The number of carbonyl (C=O) groups excluding carboxylic acids is 1. The molecule has 70 valence electrons. The highest BCUT2D eigenvalue weighted by Gasteiger charge is 2.29. The molecule has 0 aliphatic heterocycles. The van der Waals surface area contributed by atoms with Gasteiger partial charge in [-0.2, -0.15) is 0 Å². The number of carbonyl (C=O) groups is 1. The molecule has 0 spiro atoms. The summed E-state index contributed by atoms with van der Waals surface area (Å²) in [4.78, 5) is 10.8. The normalized spacial score (nSPS) is 28.7. The van der Waals surface area contributed by atoms with Gasteiger partial charge in [-0.3, -0.25) is 0 Å². The first kappa shape index (κ1) is 9.76. The lowest BCUT2D eigenvalue weighted by atomic mass is 9.70. The minimum atomic E-state index is 0.364. The molecule has 0 radical (unpaired) electrons. The molecule has 0 saturated heterocycles. The zero-order valence-corrected chi connectivity index (χ0v) is 8.47. The molecule has 0 heterocycles. The maximum Gasteiger partial charge on any atom is 0.130 e. The summed E-state index contributed by atoms with van der Waals surface area (Å²) in [6.45, 7) is 6.26. The monoisotopic (exact) mass is 168 g/mol. The number of rotatable bonds is 4. The Labute approximate surface area is 75.5 Å². The molecule has 12 heavy (non-hydrogen) atoms. The number of hydrogen-bond donors (Lipinski definition) is 0. The van der Waals surface area contributed by atoms with Crippen molar-refractivity contribution < 1.29 is 4.79 Å². The molecular formula is C11H20O. The average Bonchev–Trinajstić information content (AvgIpc) is 1.80. The third-order valence-corrected chi connectivity index (χ3v) is 2.71. The summed E-state index contributed by atoms with van der Waals surface area (Å²) in [5.74, 6) is 2.84. The molecule has 1 nitrogen and oxygen atoms in total. The molecule has 1 saturated carbocycles. The van der Waals surface area contributed by atoms with Crippen LogP contribution in [0.3, 0.4) is 0 Å². The van der Waals surface area contributed by atoms with Crippen molar-refractivity contribution in [2.24, 2.45) is 17.8 Å². The lowest BCUT2D eigenvalue weighted by Gasteiger charge is -2.35. The van der Waals surface area contributed by atoms with E-state index in [-0.39, 0.29) is 0 Å². The molecule has 0 unspecified atom stereocenters. The Morgan fingerprint density at radius 3 is 2.33 bits per heavy atom. The predicted octanol–water partition coefficient (Wildman–Crippen LogP) is 3.04. The highest BCUT2D eigenvalue weighted by Crippen LogP contribution is 2.39. The van der Waals surface area contributed by atoms with Gasteiger partial charge in [0.1, 0.15) is 5.78 Å². The summed E-state index contributed by atoms with van der Waals surface area (Å²) in [5, 5.41) is 0. The second-order valence-corrected chi connectivity index (χ2v) is 4.74. The summed E-state index contributed by atoms with van der Waals surface area (Å²) < 4.78 is 0. The maximum absolute atomic E-state index is 10.8. The van der Waals surface area contributed by atoms with Gasteiger partial charge in [-0.25, -0.2) is 0 Å². The molecule has 0 amide bonds. The first-order chi connectivity index (χ1) is 5.58. The van der Waals surface area contributed by atoms with E-state index in [1.54, 1.807) is 6.92 Å². The fraction of sp³-hybridized carbons (Fsp3) is 0.909. The topological polar surface area (TPSA) is 17.1 Å². The first-order valence-corrected chi connectivity index (χ1v) is 5.07. The molecular weight excluding hydrogens is 148 g/mol. The molecule has 0 atom stereocenters. The van der Waals surface area contributed by atoms with Crippen LogP contribution in [0.4, 0.5) is 0 Å². The molecule has 1 aliphatic rings. The Balaban J connectivity index is 2.08. The van der Waals surface area contributed by atoms with Crippen LogP contribution in [-0.4, -0.2) is 5.78 Å². The van der Waals surface area contributed by atoms with Gasteiger partial charge in [0.05, 0.1) is 0 Å². The average molecular weight is 168 g/mol. The van der Waals surface area contributed by atoms with Crippen LogP contribution in [0.25, 0.3) is 0 Å². The largest absolute Gasteiger partial charge is 0.300 e. The summed E-state index contributed by atoms with van der Waals surface area (Å²) in [6.07, 6.45) is 4.79. The van der Waals surface area contributed by atoms with Gasteiger partial charge in [0.25, 0.3) is 0 Å². The number of hydrogen-bond acceptors (Lipinski definition) is 1. The van der Waals surface area contributed by atoms with E-state index in [0.717, 1.165) is 24.2 Å². The van der Waals surface area contributed by atoms with Crippen LogP contribution in [-0.2, 0) is 4.79 Å². The minimum absolute atomic E-state index is 0.364. The third-order valence-electron chi connectivity index (χ3n) is 2.71. The number of ketones is 1. The Morgan fingerprint density at radius 1 is 1.33 bits per heavy atom. The lowest BCUT2D eigenvalue weighted by molar-refractivity contribution is -0.118. The van der Waals surface area contributed by atoms with Crippen LogP contribution in [0, 0.1) is 17.8 Å². The zero-order valence-electron chi connectivity index (χ0n) is 8.47. The van der Waals surface area contributed by atoms with Crippen molar-refractivity contribution in [1.82, 2.24) is 0 Å². The van der Waals surface area contributed by atoms with E-state index in [1.807, 2.05) is 0 Å². The molecule has 0 aromatic heterocycles. The van der Waals surface area contributed by atoms with Crippen molar-refractivity contribution in [1.29, 1.82) is 0 Å². The summed E-state index contributed by atoms with van der Waals surface area (Å²) in [6, 6.07) is 0. The molecule has 0 bridgehead atoms. The van der Waals surface area contributed by atoms with Crippen LogP contribution in [0.15, 0.2) is 0 Å². The SMILES string of the molecule is CC(=O)CC1CC(CC(C)C)C1. The Kier molecular flexibility index (Phi) is 3.30. The van der Waals surface area contributed by atoms with E-state index in [1.165, 1.54) is 19.3 Å². The van der Waals surface area contributed by atoms with Gasteiger partial charge in [-0.1, -0.05) is 13.8 Å². The van der Waals surface area contributed by atoms with Gasteiger partial charge in [0.2, 0.25) is 0 Å². The van der Waals surface area contributed by atoms with E-state index in [2.05, 4.69) is 13.8 Å². The van der Waals surface area contributed by atoms with E-state index >= 15 is 0 Å². The Bertz CT molecular complexity index is 154. The maximum atomic E-state index is 10.8. The van der Waals surface area contributed by atoms with Gasteiger partial charge in [-0.05, 0) is 43.9 Å². The van der Waals surface area contributed by atoms with Crippen LogP contribution < -0.4 is 0 Å². The van der Waals surface area contributed by atoms with Crippen molar-refractivity contribution in [2.45, 2.75) is 46.5 Å². The van der Waals surface area contributed by atoms with Crippen LogP contribution in [0.5, 0.6) is 0 Å². The highest BCUT2D eigenvalue weighted by molar-refractivity contribution is 5.75. The molecule has 1 rings (SSSR count). The summed E-state index contributed by atoms with van der Waals surface area (Å²) >= 11 is 0. The highest BCUT2D eigenvalue weighted by atomic mass is 16.1. The first-order valence-electron chi connectivity index (χ1n) is 5.07. The van der Waals surface area contributed by atoms with Gasteiger partial charge in [0.15, 0.2) is 0 Å². The molecule has 1 heteroatoms. The molecule has 0 N–H and O–H groups in total. The predicted molar refractivity (Wildman–Crippen MR) is 51.0 cm³/mol. The fourth-order valence-electron chi connectivity index (χ4n) is 2.31. The summed E-state index contributed by atoms with van der Waals surface area (Å²) in [7, 11) is 0. The second kappa shape index (κ2) is 4.06. The van der Waals surface area contributed by atoms with E-state index in [0.29, 0.717) is 5.78 Å². The molecule has 1 aliphatic carbocycles. The second-order valence-electron chi connectivity index (χ2n) is 4.74. The van der Waals surface area contributed by atoms with Crippen molar-refractivity contribution in [2.75, 3.05) is 0 Å². The quantitative estimate of drug-likeness (QED) is 0.630. The Hall–Kier alpha value is -0.330. The standard InChI is InChI=1S/C11H20O/c1-8(2)4-10-6-11(7-10)5-9(3)12/h8,10-11H,4-7H2,1-3H3. The Morgan fingerprint density at radius 2 is 1.92 bits per heavy atom. The van der Waals surface area contributed by atoms with Crippen molar-refractivity contribution in [3.8, 4) is 0 Å². The molecule has 1 fully saturated rings. The van der Waals surface area contributed by atoms with Crippen molar-refractivity contribution in [3.05, 3.63) is 0 Å². The molecule has 0 aromatic carbocycles. The lowest BCUT2D eigenvalue weighted by Crippen LogP contribution is -2.26. The fourth-order valence-corrected chi connectivity index (χ4v) is 2.31. The van der Waals surface area contributed by atoms with Crippen LogP contribution in [0.1, 0.15) is 46.5 Å². The van der Waals surface area contributed by atoms with E-state index in [9.17, 15) is 4.79 Å². The van der Waals surface area contributed by atoms with E-state index in [4.69, 9.17) is 0 Å². The van der Waals surface area contributed by atoms with Crippen LogP contribution >= 0.6 is 0 Å². The number of Topliss-reactive ketones (excluding diaryl/α,β-unsaturated/α-hetero) is 1. The van der Waals surface area contributed by atoms with Gasteiger partial charge in [0, 0.05) is 6.42 Å². The van der Waals surface area contributed by atoms with E-state index < -0.39 is 0 Å². The zero-order chi connectivity index (χ0) is 9.14. The van der Waals surface area contributed by atoms with Crippen LogP contribution in [0.2, 0.25) is 0 Å². The summed E-state index contributed by atoms with van der Waals surface area (Å²) in [5.41, 5.74) is 0.